The average Bonchev–Trinajstić information content (AvgIpc) is 2.80. The van der Waals surface area contributed by atoms with Gasteiger partial charge in [0, 0.05) is 34.3 Å². The van der Waals surface area contributed by atoms with Gasteiger partial charge >= 0.3 is 6.09 Å². The number of carbonyl (C=O) groups excluding carboxylic acids is 2. The zero-order valence-electron chi connectivity index (χ0n) is 17.9. The topological polar surface area (TPSA) is 105 Å². The molecule has 3 aromatic carbocycles. The molecule has 0 aromatic heterocycles. The maximum atomic E-state index is 12.8. The Kier molecular flexibility index (Phi) is 8.46. The van der Waals surface area contributed by atoms with E-state index in [1.54, 1.807) is 60.7 Å². The smallest absolute Gasteiger partial charge is 0.412 e. The van der Waals surface area contributed by atoms with Crippen molar-refractivity contribution in [3.8, 4) is 11.5 Å². The number of hydrogen-bond donors (Lipinski definition) is 3. The number of halogens is 1. The van der Waals surface area contributed by atoms with Gasteiger partial charge in [-0.3, -0.25) is 10.1 Å². The molecule has 0 aliphatic rings. The van der Waals surface area contributed by atoms with E-state index in [2.05, 4.69) is 21.2 Å². The van der Waals surface area contributed by atoms with E-state index in [4.69, 9.17) is 9.47 Å². The summed E-state index contributed by atoms with van der Waals surface area (Å²) in [6, 6.07) is 20.1. The molecule has 3 aromatic rings. The third kappa shape index (κ3) is 6.81. The van der Waals surface area contributed by atoms with Crippen LogP contribution in [0.2, 0.25) is 0 Å². The molecule has 3 N–H and O–H groups in total. The maximum Gasteiger partial charge on any atom is 0.412 e. The molecular weight excluding hydrogens is 490 g/mol. The van der Waals surface area contributed by atoms with Gasteiger partial charge in [0.15, 0.2) is 11.9 Å². The molecular formula is C25H24BrNO6. The number of phenols is 1. The summed E-state index contributed by atoms with van der Waals surface area (Å²) in [4.78, 5) is 24.2. The van der Waals surface area contributed by atoms with E-state index in [1.807, 2.05) is 6.07 Å². The summed E-state index contributed by atoms with van der Waals surface area (Å²) >= 11 is 3.37. The number of anilines is 1. The molecule has 0 aliphatic heterocycles. The van der Waals surface area contributed by atoms with Crippen LogP contribution in [-0.4, -0.2) is 34.8 Å². The molecule has 0 fully saturated rings. The van der Waals surface area contributed by atoms with Crippen molar-refractivity contribution in [2.45, 2.75) is 25.6 Å². The lowest BCUT2D eigenvalue weighted by molar-refractivity contribution is 0.00797. The number of aliphatic hydroxyl groups excluding tert-OH is 1. The molecule has 0 unspecified atom stereocenters. The molecule has 0 aliphatic carbocycles. The number of amides is 1. The Morgan fingerprint density at radius 3 is 2.36 bits per heavy atom. The number of phenolic OH excluding ortho intramolecular Hbond substituents is 1. The van der Waals surface area contributed by atoms with E-state index in [1.165, 1.54) is 13.0 Å². The van der Waals surface area contributed by atoms with Gasteiger partial charge in [-0.25, -0.2) is 4.79 Å². The molecule has 2 atom stereocenters. The molecule has 0 saturated heterocycles. The van der Waals surface area contributed by atoms with E-state index < -0.39 is 18.3 Å². The SMILES string of the molecule is CC(=O)c1ccc(NC(=O)O[C@@H](c2cc(Br)ccc2O)[C@H](CCO)Oc2ccccc2)cc1. The molecule has 7 nitrogen and oxygen atoms in total. The highest BCUT2D eigenvalue weighted by atomic mass is 79.9. The number of carbonyl (C=O) groups is 2. The molecule has 0 saturated carbocycles. The maximum absolute atomic E-state index is 12.8. The second-order valence-electron chi connectivity index (χ2n) is 7.27. The fourth-order valence-electron chi connectivity index (χ4n) is 3.22. The van der Waals surface area contributed by atoms with Crippen molar-refractivity contribution in [2.75, 3.05) is 11.9 Å². The van der Waals surface area contributed by atoms with Gasteiger partial charge in [-0.1, -0.05) is 34.1 Å². The average molecular weight is 514 g/mol. The number of rotatable bonds is 9. The first-order valence-corrected chi connectivity index (χ1v) is 11.1. The van der Waals surface area contributed by atoms with Gasteiger partial charge in [0.2, 0.25) is 0 Å². The summed E-state index contributed by atoms with van der Waals surface area (Å²) in [5.41, 5.74) is 1.27. The van der Waals surface area contributed by atoms with Gasteiger partial charge in [-0.2, -0.15) is 0 Å². The molecule has 172 valence electrons. The number of benzene rings is 3. The number of nitrogens with one attached hydrogen (secondary N) is 1. The normalized spacial score (nSPS) is 12.5. The summed E-state index contributed by atoms with van der Waals surface area (Å²) in [6.45, 7) is 1.24. The fourth-order valence-corrected chi connectivity index (χ4v) is 3.60. The first kappa shape index (κ1) is 24.3. The third-order valence-electron chi connectivity index (χ3n) is 4.85. The fraction of sp³-hybridized carbons (Fsp3) is 0.200. The van der Waals surface area contributed by atoms with Crippen LogP contribution in [0.25, 0.3) is 0 Å². The Hall–Kier alpha value is -3.36. The first-order valence-electron chi connectivity index (χ1n) is 10.3. The highest BCUT2D eigenvalue weighted by Crippen LogP contribution is 2.35. The highest BCUT2D eigenvalue weighted by molar-refractivity contribution is 9.10. The van der Waals surface area contributed by atoms with Gasteiger partial charge in [0.05, 0.1) is 0 Å². The van der Waals surface area contributed by atoms with Crippen LogP contribution in [-0.2, 0) is 4.74 Å². The Balaban J connectivity index is 1.87. The minimum absolute atomic E-state index is 0.0820. The van der Waals surface area contributed by atoms with Crippen molar-refractivity contribution in [3.05, 3.63) is 88.4 Å². The molecule has 0 radical (unpaired) electrons. The van der Waals surface area contributed by atoms with Crippen LogP contribution in [0.3, 0.4) is 0 Å². The van der Waals surface area contributed by atoms with Crippen molar-refractivity contribution in [1.29, 1.82) is 0 Å². The lowest BCUT2D eigenvalue weighted by atomic mass is 10.0. The van der Waals surface area contributed by atoms with E-state index in [0.717, 1.165) is 0 Å². The molecule has 0 bridgehead atoms. The minimum atomic E-state index is -1.04. The van der Waals surface area contributed by atoms with Crippen molar-refractivity contribution in [2.24, 2.45) is 0 Å². The second kappa shape index (κ2) is 11.5. The Bertz CT molecular complexity index is 1090. The van der Waals surface area contributed by atoms with E-state index in [9.17, 15) is 19.8 Å². The van der Waals surface area contributed by atoms with Crippen LogP contribution in [0, 0.1) is 0 Å². The first-order chi connectivity index (χ1) is 15.9. The predicted octanol–water partition coefficient (Wildman–Crippen LogP) is 5.48. The van der Waals surface area contributed by atoms with Crippen LogP contribution in [0.5, 0.6) is 11.5 Å². The Labute approximate surface area is 200 Å². The van der Waals surface area contributed by atoms with Gasteiger partial charge in [-0.05, 0) is 61.5 Å². The third-order valence-corrected chi connectivity index (χ3v) is 5.34. The lowest BCUT2D eigenvalue weighted by Gasteiger charge is -2.28. The van der Waals surface area contributed by atoms with Crippen LogP contribution >= 0.6 is 15.9 Å². The van der Waals surface area contributed by atoms with Crippen molar-refractivity contribution >= 4 is 33.5 Å². The van der Waals surface area contributed by atoms with Crippen LogP contribution in [0.15, 0.2) is 77.3 Å². The number of aliphatic hydroxyl groups is 1. The molecule has 0 heterocycles. The highest BCUT2D eigenvalue weighted by Gasteiger charge is 2.31. The lowest BCUT2D eigenvalue weighted by Crippen LogP contribution is -2.32. The molecule has 8 heteroatoms. The summed E-state index contributed by atoms with van der Waals surface area (Å²) < 4.78 is 12.4. The van der Waals surface area contributed by atoms with Crippen LogP contribution < -0.4 is 10.1 Å². The Morgan fingerprint density at radius 2 is 1.73 bits per heavy atom. The quantitative estimate of drug-likeness (QED) is 0.327. The molecule has 3 rings (SSSR count). The van der Waals surface area contributed by atoms with E-state index in [-0.39, 0.29) is 24.6 Å². The van der Waals surface area contributed by atoms with Crippen molar-refractivity contribution in [1.82, 2.24) is 0 Å². The zero-order valence-corrected chi connectivity index (χ0v) is 19.5. The van der Waals surface area contributed by atoms with Crippen LogP contribution in [0.1, 0.15) is 35.4 Å². The monoisotopic (exact) mass is 513 g/mol. The van der Waals surface area contributed by atoms with Gasteiger partial charge in [0.25, 0.3) is 0 Å². The summed E-state index contributed by atoms with van der Waals surface area (Å²) in [6.07, 6.45) is -2.46. The number of para-hydroxylation sites is 1. The number of hydrogen-bond acceptors (Lipinski definition) is 6. The number of Topliss-reactive ketones (excluding diaryl/α,β-unsaturated/α-hetero) is 1. The van der Waals surface area contributed by atoms with Gasteiger partial charge in [-0.15, -0.1) is 0 Å². The van der Waals surface area contributed by atoms with E-state index in [0.29, 0.717) is 27.0 Å². The number of aromatic hydroxyl groups is 1. The summed E-state index contributed by atoms with van der Waals surface area (Å²) in [7, 11) is 0. The number of ketones is 1. The van der Waals surface area contributed by atoms with Crippen molar-refractivity contribution in [3.63, 3.8) is 0 Å². The predicted molar refractivity (Wildman–Crippen MR) is 128 cm³/mol. The van der Waals surface area contributed by atoms with Crippen LogP contribution in [0.4, 0.5) is 10.5 Å². The largest absolute Gasteiger partial charge is 0.508 e. The summed E-state index contributed by atoms with van der Waals surface area (Å²) in [5.74, 6) is 0.361. The minimum Gasteiger partial charge on any atom is -0.508 e. The molecule has 0 spiro atoms. The van der Waals surface area contributed by atoms with E-state index >= 15 is 0 Å². The summed E-state index contributed by atoms with van der Waals surface area (Å²) in [5, 5.41) is 22.7. The zero-order chi connectivity index (χ0) is 23.8. The standard InChI is InChI=1S/C25H24BrNO6/c1-16(29)17-7-10-19(11-8-17)27-25(31)33-24(21-15-18(26)9-12-22(21)30)23(13-14-28)32-20-5-3-2-4-6-20/h2-12,15,23-24,28,30H,13-14H2,1H3,(H,27,31)/t23-,24-/m0/s1. The van der Waals surface area contributed by atoms with Gasteiger partial charge < -0.3 is 19.7 Å². The second-order valence-corrected chi connectivity index (χ2v) is 8.18. The van der Waals surface area contributed by atoms with Crippen molar-refractivity contribution < 1.29 is 29.3 Å². The van der Waals surface area contributed by atoms with Gasteiger partial charge in [0.1, 0.15) is 17.6 Å². The Morgan fingerprint density at radius 1 is 1.03 bits per heavy atom. The number of ether oxygens (including phenoxy) is 2. The molecule has 33 heavy (non-hydrogen) atoms. The molecule has 1 amide bonds.